The lowest BCUT2D eigenvalue weighted by Gasteiger charge is -2.15. The zero-order valence-corrected chi connectivity index (χ0v) is 15.9. The van der Waals surface area contributed by atoms with Crippen LogP contribution in [0.4, 0.5) is 0 Å². The van der Waals surface area contributed by atoms with Gasteiger partial charge in [-0.2, -0.15) is 0 Å². The van der Waals surface area contributed by atoms with E-state index in [0.29, 0.717) is 17.0 Å². The molecule has 0 spiro atoms. The van der Waals surface area contributed by atoms with Gasteiger partial charge in [0.05, 0.1) is 0 Å². The number of nitrogens with one attached hydrogen (secondary N) is 1. The van der Waals surface area contributed by atoms with Crippen molar-refractivity contribution in [1.29, 1.82) is 0 Å². The molecule has 0 bridgehead atoms. The normalized spacial score (nSPS) is 12.5. The van der Waals surface area contributed by atoms with Crippen molar-refractivity contribution < 1.29 is 17.6 Å². The van der Waals surface area contributed by atoms with Crippen molar-refractivity contribution in [3.05, 3.63) is 76.6 Å². The number of nitrogens with zero attached hydrogens (tertiary/aromatic N) is 2. The second-order valence-electron chi connectivity index (χ2n) is 5.90. The molecule has 3 rings (SSSR count). The Labute approximate surface area is 161 Å². The van der Waals surface area contributed by atoms with Crippen LogP contribution in [0.5, 0.6) is 0 Å². The summed E-state index contributed by atoms with van der Waals surface area (Å²) in [5.41, 5.74) is 1.32. The molecule has 1 N–H and O–H groups in total. The Hall–Kier alpha value is -2.71. The fourth-order valence-electron chi connectivity index (χ4n) is 2.40. The minimum atomic E-state index is -3.64. The van der Waals surface area contributed by atoms with Crippen LogP contribution in [-0.4, -0.2) is 30.8 Å². The number of hydrogen-bond donors (Lipinski definition) is 1. The molecule has 0 aliphatic rings. The molecule has 0 aliphatic heterocycles. The van der Waals surface area contributed by atoms with E-state index in [-0.39, 0.29) is 11.8 Å². The minimum Gasteiger partial charge on any atom is -0.410 e. The highest BCUT2D eigenvalue weighted by Crippen LogP contribution is 2.20. The van der Waals surface area contributed by atoms with Crippen molar-refractivity contribution in [3.8, 4) is 0 Å². The molecule has 1 aromatic heterocycles. The first-order valence-electron chi connectivity index (χ1n) is 7.97. The average Bonchev–Trinajstić information content (AvgIpc) is 3.13. The Morgan fingerprint density at radius 1 is 1.11 bits per heavy atom. The maximum atomic E-state index is 12.6. The molecule has 140 valence electrons. The molecule has 9 heteroatoms. The minimum absolute atomic E-state index is 0.0154. The number of benzene rings is 2. The van der Waals surface area contributed by atoms with Crippen LogP contribution in [0.25, 0.3) is 0 Å². The summed E-state index contributed by atoms with van der Waals surface area (Å²) < 4.78 is 28.5. The van der Waals surface area contributed by atoms with Crippen molar-refractivity contribution in [2.75, 3.05) is 6.26 Å². The van der Waals surface area contributed by atoms with Crippen molar-refractivity contribution in [2.45, 2.75) is 17.7 Å². The van der Waals surface area contributed by atoms with Gasteiger partial charge in [-0.1, -0.05) is 47.0 Å². The Bertz CT molecular complexity index is 1030. The summed E-state index contributed by atoms with van der Waals surface area (Å²) in [7, 11) is -3.64. The van der Waals surface area contributed by atoms with Gasteiger partial charge in [-0.15, -0.1) is 5.10 Å². The van der Waals surface area contributed by atoms with Gasteiger partial charge < -0.3 is 9.73 Å². The molecule has 1 atom stereocenters. The van der Waals surface area contributed by atoms with Gasteiger partial charge in [0.1, 0.15) is 6.04 Å². The standard InChI is InChI=1S/C18H16ClN3O4S/c1-27(24,25)18-22-21-17(26-18)15(11-12-5-3-2-4-6-12)20-16(23)13-7-9-14(19)10-8-13/h2-10,15H,11H2,1H3,(H,20,23)/t15-/m0/s1. The summed E-state index contributed by atoms with van der Waals surface area (Å²) in [5, 5.41) is 10.2. The van der Waals surface area contributed by atoms with Crippen LogP contribution < -0.4 is 5.32 Å². The number of hydrogen-bond acceptors (Lipinski definition) is 6. The van der Waals surface area contributed by atoms with Gasteiger partial charge >= 0.3 is 5.22 Å². The zero-order valence-electron chi connectivity index (χ0n) is 14.3. The van der Waals surface area contributed by atoms with E-state index in [2.05, 4.69) is 15.5 Å². The summed E-state index contributed by atoms with van der Waals surface area (Å²) >= 11 is 5.85. The molecule has 0 fully saturated rings. The van der Waals surface area contributed by atoms with Crippen molar-refractivity contribution >= 4 is 27.3 Å². The van der Waals surface area contributed by atoms with E-state index >= 15 is 0 Å². The number of carbonyl (C=O) groups excluding carboxylic acids is 1. The Morgan fingerprint density at radius 2 is 1.78 bits per heavy atom. The number of amides is 1. The number of carbonyl (C=O) groups is 1. The lowest BCUT2D eigenvalue weighted by Crippen LogP contribution is -2.30. The van der Waals surface area contributed by atoms with Gasteiger partial charge in [-0.3, -0.25) is 4.79 Å². The predicted molar refractivity (Wildman–Crippen MR) is 99.2 cm³/mol. The molecular weight excluding hydrogens is 390 g/mol. The van der Waals surface area contributed by atoms with E-state index in [0.717, 1.165) is 11.8 Å². The lowest BCUT2D eigenvalue weighted by molar-refractivity contribution is 0.0929. The Balaban J connectivity index is 1.88. The van der Waals surface area contributed by atoms with E-state index in [4.69, 9.17) is 16.0 Å². The van der Waals surface area contributed by atoms with Crippen LogP contribution >= 0.6 is 11.6 Å². The third kappa shape index (κ3) is 4.93. The van der Waals surface area contributed by atoms with Crippen LogP contribution in [0.2, 0.25) is 5.02 Å². The Morgan fingerprint density at radius 3 is 2.37 bits per heavy atom. The zero-order chi connectivity index (χ0) is 19.4. The third-order valence-electron chi connectivity index (χ3n) is 3.73. The smallest absolute Gasteiger partial charge is 0.335 e. The van der Waals surface area contributed by atoms with Gasteiger partial charge in [0.25, 0.3) is 5.91 Å². The van der Waals surface area contributed by atoms with Crippen LogP contribution in [0.1, 0.15) is 27.9 Å². The largest absolute Gasteiger partial charge is 0.410 e. The molecule has 3 aromatic rings. The van der Waals surface area contributed by atoms with Gasteiger partial charge in [-0.05, 0) is 29.8 Å². The predicted octanol–water partition coefficient (Wildman–Crippen LogP) is 2.84. The fraction of sp³-hybridized carbons (Fsp3) is 0.167. The monoisotopic (exact) mass is 405 g/mol. The van der Waals surface area contributed by atoms with E-state index in [1.54, 1.807) is 24.3 Å². The number of rotatable bonds is 6. The van der Waals surface area contributed by atoms with Gasteiger partial charge in [0.15, 0.2) is 0 Å². The highest BCUT2D eigenvalue weighted by Gasteiger charge is 2.25. The van der Waals surface area contributed by atoms with Gasteiger partial charge in [0, 0.05) is 23.3 Å². The van der Waals surface area contributed by atoms with Crippen LogP contribution in [0, 0.1) is 0 Å². The molecule has 0 saturated heterocycles. The number of sulfone groups is 1. The second kappa shape index (κ2) is 7.89. The number of aromatic nitrogens is 2. The topological polar surface area (TPSA) is 102 Å². The molecular formula is C18H16ClN3O4S. The summed E-state index contributed by atoms with van der Waals surface area (Å²) in [6.07, 6.45) is 1.33. The fourth-order valence-corrected chi connectivity index (χ4v) is 2.96. The highest BCUT2D eigenvalue weighted by molar-refractivity contribution is 7.90. The lowest BCUT2D eigenvalue weighted by atomic mass is 10.1. The van der Waals surface area contributed by atoms with Crippen LogP contribution in [0.3, 0.4) is 0 Å². The number of halogens is 1. The first kappa shape index (κ1) is 19.1. The average molecular weight is 406 g/mol. The van der Waals surface area contributed by atoms with Gasteiger partial charge in [0.2, 0.25) is 15.7 Å². The molecule has 0 unspecified atom stereocenters. The second-order valence-corrected chi connectivity index (χ2v) is 8.23. The van der Waals surface area contributed by atoms with E-state index in [1.165, 1.54) is 0 Å². The van der Waals surface area contributed by atoms with Crippen LogP contribution in [-0.2, 0) is 16.3 Å². The molecule has 1 heterocycles. The maximum Gasteiger partial charge on any atom is 0.335 e. The van der Waals surface area contributed by atoms with E-state index in [9.17, 15) is 13.2 Å². The van der Waals surface area contributed by atoms with E-state index in [1.807, 2.05) is 30.3 Å². The first-order chi connectivity index (χ1) is 12.8. The highest BCUT2D eigenvalue weighted by atomic mass is 35.5. The third-order valence-corrected chi connectivity index (χ3v) is 4.78. The summed E-state index contributed by atoms with van der Waals surface area (Å²) in [4.78, 5) is 12.6. The molecule has 7 nitrogen and oxygen atoms in total. The van der Waals surface area contributed by atoms with Crippen molar-refractivity contribution in [3.63, 3.8) is 0 Å². The molecule has 1 amide bonds. The van der Waals surface area contributed by atoms with Crippen molar-refractivity contribution in [1.82, 2.24) is 15.5 Å². The van der Waals surface area contributed by atoms with E-state index < -0.39 is 21.1 Å². The molecule has 27 heavy (non-hydrogen) atoms. The van der Waals surface area contributed by atoms with Crippen molar-refractivity contribution in [2.24, 2.45) is 0 Å². The summed E-state index contributed by atoms with van der Waals surface area (Å²) in [5.74, 6) is -0.353. The molecule has 0 radical (unpaired) electrons. The molecule has 0 saturated carbocycles. The molecule has 0 aliphatic carbocycles. The maximum absolute atomic E-state index is 12.6. The summed E-state index contributed by atoms with van der Waals surface area (Å²) in [6, 6.07) is 15.1. The SMILES string of the molecule is CS(=O)(=O)c1nnc([C@H](Cc2ccccc2)NC(=O)c2ccc(Cl)cc2)o1. The van der Waals surface area contributed by atoms with Gasteiger partial charge in [-0.25, -0.2) is 8.42 Å². The summed E-state index contributed by atoms with van der Waals surface area (Å²) in [6.45, 7) is 0. The Kier molecular flexibility index (Phi) is 5.57. The molecule has 2 aromatic carbocycles. The quantitative estimate of drug-likeness (QED) is 0.676. The first-order valence-corrected chi connectivity index (χ1v) is 10.2. The van der Waals surface area contributed by atoms with Crippen LogP contribution in [0.15, 0.2) is 64.2 Å².